The summed E-state index contributed by atoms with van der Waals surface area (Å²) in [6, 6.07) is 52.5. The Balaban J connectivity index is 0.631. The van der Waals surface area contributed by atoms with Crippen LogP contribution in [0.5, 0.6) is 0 Å². The van der Waals surface area contributed by atoms with E-state index in [0.717, 1.165) is 97.0 Å². The van der Waals surface area contributed by atoms with E-state index in [-0.39, 0.29) is 18.4 Å². The van der Waals surface area contributed by atoms with E-state index < -0.39 is 0 Å². The minimum atomic E-state index is -0.255. The standard InChI is InChI=1S/C68H66N4O3/c1-45-31-51(34-61(45)67(73)30-29-47-21-23-48(24-22-47)42-71-59(38-55-15-7-11-19-65(55)71)40-57-36-53-13-5-9-17-63(53)69(57)3)33-52-32-46(2)62(35-52)68(74)75-44-50-27-25-49(26-28-50)43-72-60(39-56-16-8-12-20-66(56)72)41-58-37-54-14-6-10-18-64(54)70(58)4/h5-28H,29-32,34-44H2,1-4H3/q+4. The molecule has 0 saturated carbocycles. The molecule has 0 unspecified atom stereocenters. The molecular weight excluding hydrogens is 921 g/mol. The van der Waals surface area contributed by atoms with E-state index in [1.165, 1.54) is 84.5 Å². The number of carbonyl (C=O) groups is 2. The Kier molecular flexibility index (Phi) is 13.1. The molecule has 2 aliphatic carbocycles. The van der Waals surface area contributed by atoms with Crippen LogP contribution in [0.3, 0.4) is 0 Å². The number of ketones is 1. The predicted molar refractivity (Wildman–Crippen MR) is 299 cm³/mol. The molecule has 0 N–H and O–H groups in total. The molecule has 0 aromatic heterocycles. The second-order valence-electron chi connectivity index (χ2n) is 21.8. The van der Waals surface area contributed by atoms with E-state index in [1.807, 2.05) is 6.92 Å². The van der Waals surface area contributed by atoms with Gasteiger partial charge in [-0.15, -0.1) is 5.73 Å². The zero-order valence-electron chi connectivity index (χ0n) is 44.0. The minimum absolute atomic E-state index is 0.225. The molecule has 0 fully saturated rings. The van der Waals surface area contributed by atoms with E-state index in [1.54, 1.807) is 0 Å². The van der Waals surface area contributed by atoms with Crippen LogP contribution < -0.4 is 0 Å². The smallest absolute Gasteiger partial charge is 0.334 e. The first-order chi connectivity index (χ1) is 36.6. The summed E-state index contributed by atoms with van der Waals surface area (Å²) in [6.07, 6.45) is 9.66. The molecule has 0 spiro atoms. The van der Waals surface area contributed by atoms with Gasteiger partial charge in [-0.25, -0.2) is 13.9 Å². The van der Waals surface area contributed by atoms with Crippen molar-refractivity contribution in [3.8, 4) is 0 Å². The maximum absolute atomic E-state index is 13.7. The van der Waals surface area contributed by atoms with Gasteiger partial charge in [0.1, 0.15) is 33.5 Å². The zero-order chi connectivity index (χ0) is 51.2. The average molecular weight is 987 g/mol. The van der Waals surface area contributed by atoms with Gasteiger partial charge in [-0.3, -0.25) is 4.79 Å². The second kappa shape index (κ2) is 20.5. The highest BCUT2D eigenvalue weighted by molar-refractivity contribution is 6.06. The molecule has 7 nitrogen and oxygen atoms in total. The van der Waals surface area contributed by atoms with Crippen molar-refractivity contribution >= 4 is 57.3 Å². The Bertz CT molecular complexity index is 3410. The van der Waals surface area contributed by atoms with Crippen LogP contribution in [-0.2, 0) is 66.1 Å². The van der Waals surface area contributed by atoms with Crippen molar-refractivity contribution in [3.05, 3.63) is 229 Å². The van der Waals surface area contributed by atoms with Crippen LogP contribution in [0.15, 0.2) is 185 Å². The third kappa shape index (κ3) is 9.86. The maximum Gasteiger partial charge on any atom is 0.334 e. The van der Waals surface area contributed by atoms with Crippen molar-refractivity contribution in [3.63, 3.8) is 0 Å². The van der Waals surface area contributed by atoms with Crippen molar-refractivity contribution in [2.24, 2.45) is 0 Å². The summed E-state index contributed by atoms with van der Waals surface area (Å²) in [4.78, 5) is 27.3. The number of rotatable bonds is 15. The van der Waals surface area contributed by atoms with Gasteiger partial charge in [-0.2, -0.15) is 9.15 Å². The number of allylic oxidation sites excluding steroid dienone is 4. The van der Waals surface area contributed by atoms with Crippen molar-refractivity contribution in [2.45, 2.75) is 111 Å². The van der Waals surface area contributed by atoms with Crippen LogP contribution in [-0.4, -0.2) is 67.0 Å². The third-order valence-electron chi connectivity index (χ3n) is 16.8. The second-order valence-corrected chi connectivity index (χ2v) is 21.8. The number of esters is 1. The van der Waals surface area contributed by atoms with Gasteiger partial charge >= 0.3 is 5.97 Å². The molecule has 12 rings (SSSR count). The predicted octanol–water partition coefficient (Wildman–Crippen LogP) is 13.0. The van der Waals surface area contributed by atoms with Crippen molar-refractivity contribution in [2.75, 3.05) is 14.1 Å². The van der Waals surface area contributed by atoms with Crippen LogP contribution in [0, 0.1) is 0 Å². The minimum Gasteiger partial charge on any atom is -0.457 e. The molecule has 0 atom stereocenters. The van der Waals surface area contributed by atoms with Gasteiger partial charge in [-0.05, 0) is 61.0 Å². The van der Waals surface area contributed by atoms with Gasteiger partial charge in [0, 0.05) is 82.5 Å². The van der Waals surface area contributed by atoms with Crippen LogP contribution in [0.4, 0.5) is 22.7 Å². The van der Waals surface area contributed by atoms with E-state index in [2.05, 4.69) is 191 Å². The molecule has 7 heteroatoms. The number of benzene rings is 6. The Morgan fingerprint density at radius 1 is 0.453 bits per heavy atom. The highest BCUT2D eigenvalue weighted by atomic mass is 16.5. The van der Waals surface area contributed by atoms with E-state index >= 15 is 0 Å². The molecule has 6 aliphatic rings. The lowest BCUT2D eigenvalue weighted by molar-refractivity contribution is -0.456. The van der Waals surface area contributed by atoms with Crippen LogP contribution >= 0.6 is 0 Å². The summed E-state index contributed by atoms with van der Waals surface area (Å²) >= 11 is 0. The fourth-order valence-electron chi connectivity index (χ4n) is 12.6. The number of Topliss-reactive ketones (excluding diaryl/α,β-unsaturated/α-hetero) is 1. The van der Waals surface area contributed by atoms with Crippen LogP contribution in [0.1, 0.15) is 103 Å². The molecule has 0 saturated heterocycles. The quantitative estimate of drug-likeness (QED) is 0.0585. The van der Waals surface area contributed by atoms with Gasteiger partial charge in [0.05, 0.1) is 25.7 Å². The van der Waals surface area contributed by atoms with Crippen LogP contribution in [0.25, 0.3) is 0 Å². The SMILES string of the molecule is CC1=C(C(=O)CCc2ccc(C[N+]3=C(CC4=[N+](C)c5ccccc5C4)Cc4ccccc43)cc2)CC(=C=C2CC(C)=C(C(=O)OCc3ccc(C[N+]4=C(CC5=[N+](C)c6ccccc6C5)Cc5ccccc54)cc3)C2)C1. The van der Waals surface area contributed by atoms with Gasteiger partial charge in [-0.1, -0.05) is 132 Å². The third-order valence-corrected chi connectivity index (χ3v) is 16.8. The van der Waals surface area contributed by atoms with Gasteiger partial charge in [0.15, 0.2) is 41.7 Å². The molecule has 6 aromatic rings. The Labute approximate surface area is 441 Å². The Morgan fingerprint density at radius 3 is 1.35 bits per heavy atom. The number of fused-ring (bicyclic) bond motifs is 4. The van der Waals surface area contributed by atoms with Crippen LogP contribution in [0.2, 0.25) is 0 Å². The van der Waals surface area contributed by atoms with Gasteiger partial charge in [0.2, 0.25) is 22.7 Å². The molecule has 0 bridgehead atoms. The number of para-hydroxylation sites is 4. The van der Waals surface area contributed by atoms with Gasteiger partial charge < -0.3 is 4.74 Å². The van der Waals surface area contributed by atoms with E-state index in [9.17, 15) is 9.59 Å². The number of nitrogens with zero attached hydrogens (tertiary/aromatic N) is 4. The maximum atomic E-state index is 13.7. The van der Waals surface area contributed by atoms with Gasteiger partial charge in [0.25, 0.3) is 0 Å². The monoisotopic (exact) mass is 987 g/mol. The highest BCUT2D eigenvalue weighted by Gasteiger charge is 2.37. The zero-order valence-corrected chi connectivity index (χ0v) is 44.0. The first-order valence-electron chi connectivity index (χ1n) is 27.0. The molecule has 0 amide bonds. The number of aryl methyl sites for hydroxylation is 1. The van der Waals surface area contributed by atoms with E-state index in [0.29, 0.717) is 32.1 Å². The van der Waals surface area contributed by atoms with E-state index in [4.69, 9.17) is 4.74 Å². The molecular formula is C68H66N4O3+4. The number of hydrogen-bond donors (Lipinski definition) is 0. The number of ether oxygens (including phenoxy) is 1. The Hall–Kier alpha value is -7.86. The molecule has 372 valence electrons. The molecule has 4 heterocycles. The Morgan fingerprint density at radius 2 is 0.853 bits per heavy atom. The highest BCUT2D eigenvalue weighted by Crippen LogP contribution is 2.37. The molecule has 6 aromatic carbocycles. The van der Waals surface area contributed by atoms with Crippen molar-refractivity contribution in [1.29, 1.82) is 0 Å². The number of hydrogen-bond acceptors (Lipinski definition) is 3. The van der Waals surface area contributed by atoms with Crippen molar-refractivity contribution in [1.82, 2.24) is 0 Å². The normalized spacial score (nSPS) is 16.7. The summed E-state index contributed by atoms with van der Waals surface area (Å²) in [5, 5.41) is 0. The summed E-state index contributed by atoms with van der Waals surface area (Å²) in [5.74, 6) is -0.0292. The fourth-order valence-corrected chi connectivity index (χ4v) is 12.6. The average Bonchev–Trinajstić information content (AvgIpc) is 4.28. The summed E-state index contributed by atoms with van der Waals surface area (Å²) in [7, 11) is 4.41. The fraction of sp³-hybridized carbons (Fsp3) is 0.279. The largest absolute Gasteiger partial charge is 0.457 e. The first kappa shape index (κ1) is 48.1. The summed E-state index contributed by atoms with van der Waals surface area (Å²) in [6.45, 7) is 5.96. The lowest BCUT2D eigenvalue weighted by Gasteiger charge is -2.08. The lowest BCUT2D eigenvalue weighted by atomic mass is 9.99. The first-order valence-corrected chi connectivity index (χ1v) is 27.0. The molecule has 75 heavy (non-hydrogen) atoms. The molecule has 0 radical (unpaired) electrons. The lowest BCUT2D eigenvalue weighted by Crippen LogP contribution is -2.20. The number of carbonyl (C=O) groups excluding carboxylic acids is 2. The van der Waals surface area contributed by atoms with Crippen molar-refractivity contribution < 1.29 is 32.6 Å². The summed E-state index contributed by atoms with van der Waals surface area (Å²) < 4.78 is 15.7. The molecule has 4 aliphatic heterocycles. The topological polar surface area (TPSA) is 55.4 Å². The summed E-state index contributed by atoms with van der Waals surface area (Å²) in [5.41, 5.74) is 31.0.